The van der Waals surface area contributed by atoms with Crippen LogP contribution < -0.4 is 5.32 Å². The van der Waals surface area contributed by atoms with E-state index in [9.17, 15) is 29.4 Å². The third-order valence-corrected chi connectivity index (χ3v) is 14.3. The molecular weight excluding hydrogens is 911 g/mol. The lowest BCUT2D eigenvalue weighted by Gasteiger charge is -2.68. The van der Waals surface area contributed by atoms with Crippen LogP contribution in [0.3, 0.4) is 0 Å². The topological polar surface area (TPSA) is 238 Å². The first kappa shape index (κ1) is 54.1. The van der Waals surface area contributed by atoms with Crippen molar-refractivity contribution in [2.75, 3.05) is 46.8 Å². The maximum Gasteiger partial charge on any atom is 0.408 e. The van der Waals surface area contributed by atoms with Gasteiger partial charge in [-0.25, -0.2) is 19.2 Å². The van der Waals surface area contributed by atoms with Crippen LogP contribution in [0.25, 0.3) is 0 Å². The summed E-state index contributed by atoms with van der Waals surface area (Å²) in [6.45, 7) is 13.7. The van der Waals surface area contributed by atoms with Crippen LogP contribution in [0.4, 0.5) is 4.79 Å². The Morgan fingerprint density at radius 3 is 2.14 bits per heavy atom. The largest absolute Gasteiger partial charge is 0.455 e. The van der Waals surface area contributed by atoms with E-state index in [4.69, 9.17) is 42.6 Å². The van der Waals surface area contributed by atoms with Crippen molar-refractivity contribution in [1.82, 2.24) is 5.32 Å². The zero-order valence-corrected chi connectivity index (χ0v) is 41.8. The number of benzene rings is 2. The second-order valence-electron chi connectivity index (χ2n) is 20.2. The molecule has 6 rings (SSSR count). The van der Waals surface area contributed by atoms with Gasteiger partial charge < -0.3 is 58.2 Å². The van der Waals surface area contributed by atoms with E-state index in [2.05, 4.69) is 5.32 Å². The average molecular weight is 980 g/mol. The molecule has 18 nitrogen and oxygen atoms in total. The number of rotatable bonds is 18. The van der Waals surface area contributed by atoms with Gasteiger partial charge in [-0.2, -0.15) is 0 Å². The molecule has 3 N–H and O–H groups in total. The third kappa shape index (κ3) is 10.5. The van der Waals surface area contributed by atoms with E-state index < -0.39 is 131 Å². The van der Waals surface area contributed by atoms with Crippen molar-refractivity contribution in [3.05, 3.63) is 82.9 Å². The molecule has 18 heteroatoms. The van der Waals surface area contributed by atoms with E-state index in [1.807, 2.05) is 6.92 Å². The average Bonchev–Trinajstić information content (AvgIpc) is 3.30. The third-order valence-electron chi connectivity index (χ3n) is 14.3. The molecule has 2 aromatic rings. The summed E-state index contributed by atoms with van der Waals surface area (Å²) in [6, 6.07) is 14.8. The summed E-state index contributed by atoms with van der Waals surface area (Å²) in [5, 5.41) is 28.1. The van der Waals surface area contributed by atoms with Gasteiger partial charge in [-0.15, -0.1) is 0 Å². The predicted molar refractivity (Wildman–Crippen MR) is 249 cm³/mol. The fourth-order valence-electron chi connectivity index (χ4n) is 11.1. The van der Waals surface area contributed by atoms with Crippen LogP contribution >= 0.6 is 0 Å². The maximum absolute atomic E-state index is 15.7. The Balaban J connectivity index is 1.51. The zero-order valence-electron chi connectivity index (χ0n) is 41.8. The van der Waals surface area contributed by atoms with Gasteiger partial charge in [0.2, 0.25) is 6.10 Å². The van der Waals surface area contributed by atoms with Crippen molar-refractivity contribution in [2.24, 2.45) is 22.7 Å². The van der Waals surface area contributed by atoms with Gasteiger partial charge in [0, 0.05) is 38.9 Å². The number of hydrogen-bond donors (Lipinski definition) is 3. The Hall–Kier alpha value is -5.24. The lowest BCUT2D eigenvalue weighted by atomic mass is 9.43. The number of esters is 4. The van der Waals surface area contributed by atoms with Crippen LogP contribution in [0.5, 0.6) is 0 Å². The number of methoxy groups -OCH3 is 1. The van der Waals surface area contributed by atoms with Crippen molar-refractivity contribution in [2.45, 2.75) is 135 Å². The maximum atomic E-state index is 15.7. The van der Waals surface area contributed by atoms with E-state index >= 15 is 9.59 Å². The Kier molecular flexibility index (Phi) is 16.7. The minimum absolute atomic E-state index is 0.0310. The molecule has 70 heavy (non-hydrogen) atoms. The molecule has 0 aromatic heterocycles. The molecule has 2 saturated carbocycles. The number of carbonyl (C=O) groups excluding carboxylic acids is 6. The number of carbonyl (C=O) groups is 6. The molecule has 1 heterocycles. The summed E-state index contributed by atoms with van der Waals surface area (Å²) >= 11 is 0. The van der Waals surface area contributed by atoms with Crippen molar-refractivity contribution in [3.63, 3.8) is 0 Å². The van der Waals surface area contributed by atoms with Gasteiger partial charge in [-0.1, -0.05) is 69.3 Å². The standard InChI is InChI=1S/C52H69NO17/c1-11-22-63-23-24-64-28-38(56)67-41(40(32-18-14-12-15-19-32)53-47(60)70-48(4,5)6)46(59)66-35-26-52(61)44(68-45(58)33-20-16-13-17-21-33)42-50(9,43(57)34(27-54)39(30(35)2)49(52,7)8)36(62-10)25-37-51(42,29-65-37)69-31(3)55/h12-21,34-37,40-42,44,54,61H,11,22-29H2,1-10H3,(H,53,60)/t34-,35+,36+,37-,40+,41-,42+,44+,50-,51+,52-/m1/s1. The Morgan fingerprint density at radius 1 is 0.929 bits per heavy atom. The molecule has 3 fully saturated rings. The van der Waals surface area contributed by atoms with E-state index in [1.54, 1.807) is 97.0 Å². The SMILES string of the molecule is CCCOCCOCC(=O)O[C@@H](C(=O)O[C@H]1C[C@@]2(O)[C@@H](OC(=O)c3ccccc3)[C@@H]3[C@]4(OC(C)=O)CO[C@@H]4C[C@H](OC)[C@@]3(C)C(=O)[C@H](CO)C(=C1C)C2(C)C)[C@@H](NC(=O)OC(C)(C)C)c1ccccc1. The molecule has 0 radical (unpaired) electrons. The van der Waals surface area contributed by atoms with E-state index in [1.165, 1.54) is 26.2 Å². The van der Waals surface area contributed by atoms with Crippen LogP contribution in [-0.4, -0.2) is 140 Å². The number of alkyl carbamates (subject to hydrolysis) is 1. The summed E-state index contributed by atoms with van der Waals surface area (Å²) in [6.07, 6.45) is -7.62. The number of aliphatic hydroxyl groups excluding tert-OH is 1. The molecule has 3 aliphatic carbocycles. The summed E-state index contributed by atoms with van der Waals surface area (Å²) < 4.78 is 53.7. The van der Waals surface area contributed by atoms with Crippen molar-refractivity contribution in [3.8, 4) is 0 Å². The normalized spacial score (nSPS) is 29.9. The summed E-state index contributed by atoms with van der Waals surface area (Å²) in [4.78, 5) is 85.7. The van der Waals surface area contributed by atoms with Gasteiger partial charge in [-0.3, -0.25) is 9.59 Å². The highest BCUT2D eigenvalue weighted by Gasteiger charge is 2.78. The van der Waals surface area contributed by atoms with Crippen LogP contribution in [0.15, 0.2) is 71.8 Å². The molecule has 0 spiro atoms. The van der Waals surface area contributed by atoms with E-state index in [-0.39, 0.29) is 43.0 Å². The van der Waals surface area contributed by atoms with Crippen LogP contribution in [0.1, 0.15) is 104 Å². The zero-order chi connectivity index (χ0) is 51.4. The van der Waals surface area contributed by atoms with E-state index in [0.29, 0.717) is 12.2 Å². The molecule has 1 amide bonds. The summed E-state index contributed by atoms with van der Waals surface area (Å²) in [7, 11) is 1.41. The van der Waals surface area contributed by atoms with Gasteiger partial charge in [0.05, 0.1) is 55.3 Å². The predicted octanol–water partition coefficient (Wildman–Crippen LogP) is 5.16. The molecule has 4 aliphatic rings. The first-order valence-electron chi connectivity index (χ1n) is 23.8. The quantitative estimate of drug-likeness (QED) is 0.0757. The Bertz CT molecular complexity index is 2260. The highest BCUT2D eigenvalue weighted by molar-refractivity contribution is 5.93. The minimum atomic E-state index is -2.33. The molecule has 11 atom stereocenters. The number of amides is 1. The van der Waals surface area contributed by atoms with Crippen LogP contribution in [0.2, 0.25) is 0 Å². The number of aliphatic hydroxyl groups is 2. The van der Waals surface area contributed by atoms with Gasteiger partial charge in [0.15, 0.2) is 11.4 Å². The number of hydrogen-bond acceptors (Lipinski definition) is 17. The molecule has 384 valence electrons. The number of Topliss-reactive ketones (excluding diaryl/α,β-unsaturated/α-hetero) is 1. The Labute approximate surface area is 409 Å². The summed E-state index contributed by atoms with van der Waals surface area (Å²) in [5.41, 5.74) is -7.40. The minimum Gasteiger partial charge on any atom is -0.455 e. The van der Waals surface area contributed by atoms with Crippen LogP contribution in [-0.2, 0) is 61.8 Å². The highest BCUT2D eigenvalue weighted by Crippen LogP contribution is 2.65. The number of ether oxygens (including phenoxy) is 9. The van der Waals surface area contributed by atoms with Gasteiger partial charge in [0.25, 0.3) is 0 Å². The monoisotopic (exact) mass is 979 g/mol. The van der Waals surface area contributed by atoms with Crippen LogP contribution in [0, 0.1) is 22.7 Å². The second kappa shape index (κ2) is 21.6. The van der Waals surface area contributed by atoms with Gasteiger partial charge in [-0.05, 0) is 69.9 Å². The fraction of sp³-hybridized carbons (Fsp3) is 0.615. The van der Waals surface area contributed by atoms with E-state index in [0.717, 1.165) is 6.42 Å². The lowest BCUT2D eigenvalue weighted by molar-refractivity contribution is -0.347. The molecule has 1 saturated heterocycles. The van der Waals surface area contributed by atoms with Gasteiger partial charge in [0.1, 0.15) is 42.2 Å². The summed E-state index contributed by atoms with van der Waals surface area (Å²) in [5.74, 6) is -7.15. The second-order valence-corrected chi connectivity index (χ2v) is 20.2. The van der Waals surface area contributed by atoms with Crippen molar-refractivity contribution in [1.29, 1.82) is 0 Å². The van der Waals surface area contributed by atoms with Crippen molar-refractivity contribution < 1.29 is 81.6 Å². The number of fused-ring (bicyclic) bond motifs is 5. The molecule has 2 bridgehead atoms. The Morgan fingerprint density at radius 2 is 1.57 bits per heavy atom. The van der Waals surface area contributed by atoms with Crippen molar-refractivity contribution >= 4 is 35.8 Å². The first-order valence-corrected chi connectivity index (χ1v) is 23.8. The first-order chi connectivity index (χ1) is 33.0. The highest BCUT2D eigenvalue weighted by atomic mass is 16.6. The molecule has 1 aliphatic heterocycles. The fourth-order valence-corrected chi connectivity index (χ4v) is 11.1. The molecule has 0 unspecified atom stereocenters. The van der Waals surface area contributed by atoms with Gasteiger partial charge >= 0.3 is 30.0 Å². The molecular formula is C52H69NO17. The smallest absolute Gasteiger partial charge is 0.408 e. The number of nitrogens with one attached hydrogen (secondary N) is 1. The molecule has 2 aromatic carbocycles. The number of ketones is 1. The lowest BCUT2D eigenvalue weighted by Crippen LogP contribution is -2.81.